The van der Waals surface area contributed by atoms with Crippen LogP contribution in [0.4, 0.5) is 4.79 Å². The van der Waals surface area contributed by atoms with E-state index in [4.69, 9.17) is 20.9 Å². The van der Waals surface area contributed by atoms with E-state index in [-0.39, 0.29) is 18.6 Å². The number of ether oxygens (including phenoxy) is 2. The number of nitrogens with zero attached hydrogens (tertiary/aromatic N) is 2. The largest absolute Gasteiger partial charge is 0.457 e. The van der Waals surface area contributed by atoms with Crippen molar-refractivity contribution in [3.8, 4) is 11.5 Å². The quantitative estimate of drug-likeness (QED) is 0.459. The highest BCUT2D eigenvalue weighted by Crippen LogP contribution is 2.46. The Labute approximate surface area is 214 Å². The molecule has 0 spiro atoms. The molecule has 0 saturated carbocycles. The molecule has 8 nitrogen and oxygen atoms in total. The van der Waals surface area contributed by atoms with Gasteiger partial charge in [-0.1, -0.05) is 36.4 Å². The number of methoxy groups -OCH3 is 1. The summed E-state index contributed by atoms with van der Waals surface area (Å²) in [5.74, 6) is 1.30. The molecule has 2 aliphatic heterocycles. The van der Waals surface area contributed by atoms with Gasteiger partial charge in [-0.05, 0) is 56.7 Å². The summed E-state index contributed by atoms with van der Waals surface area (Å²) >= 11 is 0. The molecule has 2 aromatic carbocycles. The number of benzene rings is 2. The standard InChI is InChI=1S/C28H40N4O4/c1-21-10-3-5-12-24(21)36-25-13-6-4-11-23(25)28(34,15-7-8-17-35-2)27(30)14-9-16-31(20-27)26(33)32-18-22(29)19-32/h3-6,10-13,22,34H,7-9,14-20,29-30H2,1-2H3/t27-,28+/m0/s1. The number of hydrogen-bond donors (Lipinski definition) is 3. The lowest BCUT2D eigenvalue weighted by Crippen LogP contribution is -2.69. The number of unbranched alkanes of at least 4 members (excludes halogenated alkanes) is 1. The normalized spacial score (nSPS) is 22.1. The van der Waals surface area contributed by atoms with E-state index in [0.29, 0.717) is 56.8 Å². The number of nitrogens with two attached hydrogens (primary N) is 2. The molecule has 8 heteroatoms. The topological polar surface area (TPSA) is 114 Å². The lowest BCUT2D eigenvalue weighted by Gasteiger charge is -2.52. The fourth-order valence-corrected chi connectivity index (χ4v) is 5.42. The molecule has 0 radical (unpaired) electrons. The highest BCUT2D eigenvalue weighted by atomic mass is 16.5. The number of carbonyl (C=O) groups is 1. The highest BCUT2D eigenvalue weighted by Gasteiger charge is 2.53. The Hall–Kier alpha value is -2.65. The first-order valence-electron chi connectivity index (χ1n) is 12.9. The minimum absolute atomic E-state index is 0.0320. The number of carbonyl (C=O) groups excluding carboxylic acids is 1. The van der Waals surface area contributed by atoms with Gasteiger partial charge in [0.05, 0.1) is 5.54 Å². The summed E-state index contributed by atoms with van der Waals surface area (Å²) in [4.78, 5) is 16.7. The average Bonchev–Trinajstić information content (AvgIpc) is 2.86. The molecule has 2 saturated heterocycles. The summed E-state index contributed by atoms with van der Waals surface area (Å²) in [6.07, 6.45) is 3.25. The van der Waals surface area contributed by atoms with Crippen molar-refractivity contribution >= 4 is 6.03 Å². The van der Waals surface area contributed by atoms with Crippen LogP contribution in [0.25, 0.3) is 0 Å². The molecule has 5 N–H and O–H groups in total. The van der Waals surface area contributed by atoms with Crippen LogP contribution in [0, 0.1) is 6.92 Å². The van der Waals surface area contributed by atoms with Crippen LogP contribution in [0.15, 0.2) is 48.5 Å². The van der Waals surface area contributed by atoms with Crippen LogP contribution in [-0.4, -0.2) is 72.4 Å². The molecule has 2 aliphatic rings. The van der Waals surface area contributed by atoms with Crippen LogP contribution in [0.3, 0.4) is 0 Å². The van der Waals surface area contributed by atoms with Crippen LogP contribution < -0.4 is 16.2 Å². The summed E-state index contributed by atoms with van der Waals surface area (Å²) in [5.41, 5.74) is 12.2. The lowest BCUT2D eigenvalue weighted by atomic mass is 9.68. The monoisotopic (exact) mass is 496 g/mol. The number of aryl methyl sites for hydroxylation is 1. The minimum Gasteiger partial charge on any atom is -0.457 e. The second kappa shape index (κ2) is 11.2. The van der Waals surface area contributed by atoms with E-state index in [1.165, 1.54) is 0 Å². The molecule has 2 atom stereocenters. The van der Waals surface area contributed by atoms with Crippen LogP contribution in [0.1, 0.15) is 43.2 Å². The van der Waals surface area contributed by atoms with Gasteiger partial charge in [0.1, 0.15) is 17.1 Å². The van der Waals surface area contributed by atoms with Crippen LogP contribution >= 0.6 is 0 Å². The molecular weight excluding hydrogens is 456 g/mol. The Kier molecular flexibility index (Phi) is 8.20. The van der Waals surface area contributed by atoms with Gasteiger partial charge in [-0.25, -0.2) is 4.79 Å². The number of urea groups is 1. The predicted octanol–water partition coefficient (Wildman–Crippen LogP) is 3.35. The molecule has 0 aliphatic carbocycles. The van der Waals surface area contributed by atoms with Gasteiger partial charge in [0, 0.05) is 51.5 Å². The van der Waals surface area contributed by atoms with Gasteiger partial charge in [-0.3, -0.25) is 0 Å². The Morgan fingerprint density at radius 3 is 2.50 bits per heavy atom. The number of rotatable bonds is 9. The van der Waals surface area contributed by atoms with E-state index >= 15 is 0 Å². The molecule has 0 bridgehead atoms. The lowest BCUT2D eigenvalue weighted by molar-refractivity contribution is -0.0773. The zero-order chi connectivity index (χ0) is 25.8. The summed E-state index contributed by atoms with van der Waals surface area (Å²) in [6.45, 7) is 4.59. The molecule has 0 unspecified atom stereocenters. The molecule has 2 aromatic rings. The SMILES string of the molecule is COCCCC[C@@](O)(c1ccccc1Oc1ccccc1C)[C@]1(N)CCCN(C(=O)N2CC(N)C2)C1. The van der Waals surface area contributed by atoms with E-state index in [1.807, 2.05) is 55.5 Å². The minimum atomic E-state index is -1.41. The van der Waals surface area contributed by atoms with Crippen molar-refractivity contribution < 1.29 is 19.4 Å². The smallest absolute Gasteiger partial charge is 0.320 e. The van der Waals surface area contributed by atoms with Gasteiger partial charge in [0.2, 0.25) is 0 Å². The Morgan fingerprint density at radius 2 is 1.81 bits per heavy atom. The molecule has 2 amide bonds. The Bertz CT molecular complexity index is 1040. The van der Waals surface area contributed by atoms with Crippen molar-refractivity contribution in [2.45, 2.75) is 56.2 Å². The number of piperidine rings is 1. The van der Waals surface area contributed by atoms with E-state index in [2.05, 4.69) is 0 Å². The number of para-hydroxylation sites is 2. The predicted molar refractivity (Wildman–Crippen MR) is 140 cm³/mol. The number of hydrogen-bond acceptors (Lipinski definition) is 6. The zero-order valence-electron chi connectivity index (χ0n) is 21.5. The highest BCUT2D eigenvalue weighted by molar-refractivity contribution is 5.76. The summed E-state index contributed by atoms with van der Waals surface area (Å²) in [5, 5.41) is 12.5. The number of aliphatic hydroxyl groups is 1. The van der Waals surface area contributed by atoms with Gasteiger partial charge in [-0.2, -0.15) is 0 Å². The summed E-state index contributed by atoms with van der Waals surface area (Å²) in [6, 6.07) is 15.3. The molecule has 2 fully saturated rings. The first-order valence-corrected chi connectivity index (χ1v) is 12.9. The van der Waals surface area contributed by atoms with Gasteiger partial charge >= 0.3 is 6.03 Å². The molecule has 0 aromatic heterocycles. The first kappa shape index (κ1) is 26.4. The van der Waals surface area contributed by atoms with E-state index in [0.717, 1.165) is 24.2 Å². The van der Waals surface area contributed by atoms with Gasteiger partial charge in [-0.15, -0.1) is 0 Å². The van der Waals surface area contributed by atoms with Crippen LogP contribution in [-0.2, 0) is 10.3 Å². The maximum Gasteiger partial charge on any atom is 0.320 e. The third kappa shape index (κ3) is 5.37. The first-order chi connectivity index (χ1) is 17.3. The van der Waals surface area contributed by atoms with Crippen molar-refractivity contribution in [3.05, 3.63) is 59.7 Å². The van der Waals surface area contributed by atoms with Crippen molar-refractivity contribution in [2.24, 2.45) is 11.5 Å². The van der Waals surface area contributed by atoms with Crippen molar-refractivity contribution in [3.63, 3.8) is 0 Å². The van der Waals surface area contributed by atoms with Gasteiger partial charge in [0.25, 0.3) is 0 Å². The van der Waals surface area contributed by atoms with Crippen molar-refractivity contribution in [1.82, 2.24) is 9.80 Å². The van der Waals surface area contributed by atoms with Crippen LogP contribution in [0.2, 0.25) is 0 Å². The van der Waals surface area contributed by atoms with Gasteiger partial charge in [0.15, 0.2) is 0 Å². The maximum absolute atomic E-state index is 13.1. The van der Waals surface area contributed by atoms with E-state index < -0.39 is 11.1 Å². The summed E-state index contributed by atoms with van der Waals surface area (Å²) < 4.78 is 11.6. The number of amides is 2. The van der Waals surface area contributed by atoms with Gasteiger partial charge < -0.3 is 35.8 Å². The summed E-state index contributed by atoms with van der Waals surface area (Å²) in [7, 11) is 1.67. The molecule has 36 heavy (non-hydrogen) atoms. The average molecular weight is 497 g/mol. The molecular formula is C28H40N4O4. The Morgan fingerprint density at radius 1 is 1.11 bits per heavy atom. The second-order valence-electron chi connectivity index (χ2n) is 10.3. The third-order valence-electron chi connectivity index (χ3n) is 7.58. The fraction of sp³-hybridized carbons (Fsp3) is 0.536. The third-order valence-corrected chi connectivity index (χ3v) is 7.58. The fourth-order valence-electron chi connectivity index (χ4n) is 5.42. The van der Waals surface area contributed by atoms with Crippen LogP contribution in [0.5, 0.6) is 11.5 Å². The molecule has 196 valence electrons. The Balaban J connectivity index is 1.67. The van der Waals surface area contributed by atoms with Crippen molar-refractivity contribution in [1.29, 1.82) is 0 Å². The van der Waals surface area contributed by atoms with E-state index in [1.54, 1.807) is 16.9 Å². The second-order valence-corrected chi connectivity index (χ2v) is 10.3. The van der Waals surface area contributed by atoms with E-state index in [9.17, 15) is 9.90 Å². The van der Waals surface area contributed by atoms with Crippen molar-refractivity contribution in [2.75, 3.05) is 39.9 Å². The number of likely N-dealkylation sites (tertiary alicyclic amines) is 2. The molecule has 4 rings (SSSR count). The maximum atomic E-state index is 13.1. The molecule has 2 heterocycles. The zero-order valence-corrected chi connectivity index (χ0v) is 21.5.